The smallest absolute Gasteiger partial charge is 0.210 e. The normalized spacial score (nSPS) is 11.9. The summed E-state index contributed by atoms with van der Waals surface area (Å²) in [4.78, 5) is 5.49. The summed E-state index contributed by atoms with van der Waals surface area (Å²) in [6.07, 6.45) is 1.57. The van der Waals surface area contributed by atoms with Crippen LogP contribution in [0.4, 0.5) is 10.1 Å². The van der Waals surface area contributed by atoms with Crippen molar-refractivity contribution in [3.05, 3.63) is 52.8 Å². The molecule has 0 radical (unpaired) electrons. The largest absolute Gasteiger partial charge is 0.366 e. The summed E-state index contributed by atoms with van der Waals surface area (Å²) in [5.41, 5.74) is 0.939. The van der Waals surface area contributed by atoms with Crippen LogP contribution in [0.25, 0.3) is 0 Å². The van der Waals surface area contributed by atoms with Gasteiger partial charge in [0.1, 0.15) is 10.7 Å². The van der Waals surface area contributed by atoms with E-state index in [1.807, 2.05) is 18.9 Å². The molecule has 0 fully saturated rings. The highest BCUT2D eigenvalue weighted by Crippen LogP contribution is 2.32. The Morgan fingerprint density at radius 1 is 1.25 bits per heavy atom. The highest BCUT2D eigenvalue weighted by molar-refractivity contribution is 7.91. The SMILES string of the molecule is CCN(C)C=Nc1cc(F)c(S(=O)(=O)c2ccccc2Cl)cc1C. The standard InChI is InChI=1S/C17H18ClFN2O2S/c1-4-21(3)11-20-15-10-14(19)17(9-12(15)2)24(22,23)16-8-6-5-7-13(16)18/h5-11H,4H2,1-3H3. The lowest BCUT2D eigenvalue weighted by molar-refractivity contribution is 0.551. The number of benzene rings is 2. The summed E-state index contributed by atoms with van der Waals surface area (Å²) >= 11 is 5.95. The minimum Gasteiger partial charge on any atom is -0.366 e. The lowest BCUT2D eigenvalue weighted by atomic mass is 10.2. The number of aliphatic imine (C=N–C) groups is 1. The fourth-order valence-electron chi connectivity index (χ4n) is 2.01. The number of sulfone groups is 1. The topological polar surface area (TPSA) is 49.7 Å². The van der Waals surface area contributed by atoms with Gasteiger partial charge in [-0.05, 0) is 37.6 Å². The van der Waals surface area contributed by atoms with Gasteiger partial charge < -0.3 is 4.90 Å². The molecule has 0 aliphatic heterocycles. The molecule has 2 aromatic rings. The Morgan fingerprint density at radius 3 is 2.54 bits per heavy atom. The van der Waals surface area contributed by atoms with Crippen molar-refractivity contribution in [1.29, 1.82) is 0 Å². The van der Waals surface area contributed by atoms with Crippen molar-refractivity contribution in [2.45, 2.75) is 23.6 Å². The molecule has 0 saturated heterocycles. The minimum absolute atomic E-state index is 0.0567. The summed E-state index contributed by atoms with van der Waals surface area (Å²) in [6, 6.07) is 8.38. The summed E-state index contributed by atoms with van der Waals surface area (Å²) in [5, 5.41) is 0.0567. The van der Waals surface area contributed by atoms with Crippen LogP contribution in [0.2, 0.25) is 5.02 Å². The molecule has 0 spiro atoms. The molecule has 24 heavy (non-hydrogen) atoms. The van der Waals surface area contributed by atoms with E-state index >= 15 is 0 Å². The van der Waals surface area contributed by atoms with Crippen LogP contribution in [-0.2, 0) is 9.84 Å². The van der Waals surface area contributed by atoms with E-state index in [4.69, 9.17) is 11.6 Å². The fraction of sp³-hybridized carbons (Fsp3) is 0.235. The van der Waals surface area contributed by atoms with Gasteiger partial charge in [0.25, 0.3) is 0 Å². The average molecular weight is 369 g/mol. The number of rotatable bonds is 5. The second-order valence-corrected chi connectivity index (χ2v) is 7.61. The number of aryl methyl sites for hydroxylation is 1. The Labute approximate surface area is 146 Å². The zero-order chi connectivity index (χ0) is 17.9. The second-order valence-electron chi connectivity index (χ2n) is 5.32. The number of hydrogen-bond donors (Lipinski definition) is 0. The van der Waals surface area contributed by atoms with E-state index in [0.717, 1.165) is 12.6 Å². The van der Waals surface area contributed by atoms with Gasteiger partial charge in [0, 0.05) is 19.7 Å². The Morgan fingerprint density at radius 2 is 1.92 bits per heavy atom. The van der Waals surface area contributed by atoms with Crippen molar-refractivity contribution < 1.29 is 12.8 Å². The highest BCUT2D eigenvalue weighted by Gasteiger charge is 2.25. The number of nitrogens with zero attached hydrogens (tertiary/aromatic N) is 2. The Hall–Kier alpha value is -1.92. The maximum Gasteiger partial charge on any atom is 0.210 e. The monoisotopic (exact) mass is 368 g/mol. The molecule has 0 amide bonds. The van der Waals surface area contributed by atoms with Crippen LogP contribution in [0.5, 0.6) is 0 Å². The van der Waals surface area contributed by atoms with Crippen molar-refractivity contribution in [2.24, 2.45) is 4.99 Å². The molecule has 4 nitrogen and oxygen atoms in total. The van der Waals surface area contributed by atoms with Gasteiger partial charge in [-0.25, -0.2) is 17.8 Å². The summed E-state index contributed by atoms with van der Waals surface area (Å²) in [5.74, 6) is -0.855. The number of halogens is 2. The third-order valence-corrected chi connectivity index (χ3v) is 5.83. The molecular weight excluding hydrogens is 351 g/mol. The third-order valence-electron chi connectivity index (χ3n) is 3.56. The molecular formula is C17H18ClFN2O2S. The zero-order valence-electron chi connectivity index (χ0n) is 13.6. The van der Waals surface area contributed by atoms with Crippen molar-refractivity contribution in [3.8, 4) is 0 Å². The van der Waals surface area contributed by atoms with Crippen LogP contribution < -0.4 is 0 Å². The van der Waals surface area contributed by atoms with E-state index in [1.165, 1.54) is 18.2 Å². The van der Waals surface area contributed by atoms with Crippen LogP contribution in [0.3, 0.4) is 0 Å². The summed E-state index contributed by atoms with van der Waals surface area (Å²) < 4.78 is 39.8. The van der Waals surface area contributed by atoms with E-state index in [-0.39, 0.29) is 9.92 Å². The van der Waals surface area contributed by atoms with Crippen LogP contribution in [0.15, 0.2) is 51.2 Å². The van der Waals surface area contributed by atoms with Gasteiger partial charge in [-0.15, -0.1) is 0 Å². The van der Waals surface area contributed by atoms with Crippen molar-refractivity contribution in [2.75, 3.05) is 13.6 Å². The zero-order valence-corrected chi connectivity index (χ0v) is 15.2. The first kappa shape index (κ1) is 18.4. The van der Waals surface area contributed by atoms with Gasteiger partial charge in [0.05, 0.1) is 21.9 Å². The van der Waals surface area contributed by atoms with Crippen LogP contribution >= 0.6 is 11.6 Å². The molecule has 0 aliphatic rings. The van der Waals surface area contributed by atoms with E-state index in [9.17, 15) is 12.8 Å². The van der Waals surface area contributed by atoms with Gasteiger partial charge >= 0.3 is 0 Å². The molecule has 128 valence electrons. The molecule has 0 heterocycles. The Bertz CT molecular complexity index is 882. The van der Waals surface area contributed by atoms with E-state index in [1.54, 1.807) is 25.4 Å². The molecule has 2 aromatic carbocycles. The Balaban J connectivity index is 2.52. The van der Waals surface area contributed by atoms with Crippen LogP contribution in [0, 0.1) is 12.7 Å². The molecule has 2 rings (SSSR count). The molecule has 0 atom stereocenters. The van der Waals surface area contributed by atoms with E-state index in [0.29, 0.717) is 11.3 Å². The molecule has 0 bridgehead atoms. The lowest BCUT2D eigenvalue weighted by Crippen LogP contribution is -2.14. The van der Waals surface area contributed by atoms with Crippen molar-refractivity contribution >= 4 is 33.5 Å². The van der Waals surface area contributed by atoms with Gasteiger partial charge in [0.2, 0.25) is 9.84 Å². The van der Waals surface area contributed by atoms with Crippen molar-refractivity contribution in [3.63, 3.8) is 0 Å². The molecule has 7 heteroatoms. The first-order valence-corrected chi connectivity index (χ1v) is 9.17. The summed E-state index contributed by atoms with van der Waals surface area (Å²) in [7, 11) is -2.21. The maximum atomic E-state index is 14.4. The molecule has 0 aliphatic carbocycles. The number of hydrogen-bond acceptors (Lipinski definition) is 3. The van der Waals surface area contributed by atoms with Crippen LogP contribution in [0.1, 0.15) is 12.5 Å². The average Bonchev–Trinajstić information content (AvgIpc) is 2.54. The quantitative estimate of drug-likeness (QED) is 0.586. The van der Waals surface area contributed by atoms with E-state index in [2.05, 4.69) is 4.99 Å². The second kappa shape index (κ2) is 7.32. The van der Waals surface area contributed by atoms with Gasteiger partial charge in [-0.2, -0.15) is 0 Å². The molecule has 0 saturated carbocycles. The molecule has 0 N–H and O–H groups in total. The van der Waals surface area contributed by atoms with Crippen molar-refractivity contribution in [1.82, 2.24) is 4.90 Å². The van der Waals surface area contributed by atoms with E-state index < -0.39 is 20.5 Å². The predicted octanol–water partition coefficient (Wildman–Crippen LogP) is 4.23. The Kier molecular flexibility index (Phi) is 5.62. The van der Waals surface area contributed by atoms with Gasteiger partial charge in [-0.1, -0.05) is 23.7 Å². The third kappa shape index (κ3) is 3.76. The van der Waals surface area contributed by atoms with Crippen LogP contribution in [-0.4, -0.2) is 33.2 Å². The lowest BCUT2D eigenvalue weighted by Gasteiger charge is -2.11. The predicted molar refractivity (Wildman–Crippen MR) is 94.5 cm³/mol. The molecule has 0 aromatic heterocycles. The minimum atomic E-state index is -4.04. The first-order chi connectivity index (χ1) is 11.3. The van der Waals surface area contributed by atoms with Gasteiger partial charge in [0.15, 0.2) is 0 Å². The maximum absolute atomic E-state index is 14.4. The first-order valence-electron chi connectivity index (χ1n) is 7.31. The molecule has 0 unspecified atom stereocenters. The van der Waals surface area contributed by atoms with Gasteiger partial charge in [-0.3, -0.25) is 0 Å². The highest BCUT2D eigenvalue weighted by atomic mass is 35.5. The fourth-order valence-corrected chi connectivity index (χ4v) is 3.92. The summed E-state index contributed by atoms with van der Waals surface area (Å²) in [6.45, 7) is 4.40.